The Labute approximate surface area is 91.2 Å². The molecule has 2 rings (SSSR count). The van der Waals surface area contributed by atoms with E-state index < -0.39 is 0 Å². The predicted octanol–water partition coefficient (Wildman–Crippen LogP) is 0.919. The van der Waals surface area contributed by atoms with Gasteiger partial charge in [-0.1, -0.05) is 6.42 Å². The van der Waals surface area contributed by atoms with Crippen molar-refractivity contribution < 1.29 is 4.79 Å². The van der Waals surface area contributed by atoms with Crippen LogP contribution in [-0.2, 0) is 0 Å². The predicted molar refractivity (Wildman–Crippen MR) is 59.5 cm³/mol. The van der Waals surface area contributed by atoms with Crippen LogP contribution in [0.5, 0.6) is 0 Å². The third-order valence-corrected chi connectivity index (χ3v) is 3.63. The van der Waals surface area contributed by atoms with Gasteiger partial charge in [0.2, 0.25) is 0 Å². The molecule has 1 saturated carbocycles. The van der Waals surface area contributed by atoms with Crippen molar-refractivity contribution in [1.82, 2.24) is 10.2 Å². The first kappa shape index (κ1) is 10.7. The zero-order chi connectivity index (χ0) is 10.7. The highest BCUT2D eigenvalue weighted by atomic mass is 16.2. The standard InChI is InChI=1S/C11H21N3O/c12-10-5-3-4-9(10)8-13-11(15)14-6-1-2-7-14/h9-10H,1-8,12H2,(H,13,15). The number of nitrogens with one attached hydrogen (secondary N) is 1. The van der Waals surface area contributed by atoms with E-state index in [1.54, 1.807) is 0 Å². The summed E-state index contributed by atoms with van der Waals surface area (Å²) in [5.74, 6) is 0.497. The summed E-state index contributed by atoms with van der Waals surface area (Å²) in [6.45, 7) is 2.60. The number of urea groups is 1. The Morgan fingerprint density at radius 1 is 1.27 bits per heavy atom. The van der Waals surface area contributed by atoms with Crippen LogP contribution in [0.15, 0.2) is 0 Å². The molecule has 2 amide bonds. The van der Waals surface area contributed by atoms with Crippen LogP contribution < -0.4 is 11.1 Å². The minimum absolute atomic E-state index is 0.103. The van der Waals surface area contributed by atoms with Gasteiger partial charge in [-0.15, -0.1) is 0 Å². The van der Waals surface area contributed by atoms with E-state index in [1.807, 2.05) is 4.90 Å². The molecular formula is C11H21N3O. The normalized spacial score (nSPS) is 30.9. The van der Waals surface area contributed by atoms with Crippen LogP contribution in [0, 0.1) is 5.92 Å². The van der Waals surface area contributed by atoms with Gasteiger partial charge < -0.3 is 16.0 Å². The number of hydrogen-bond donors (Lipinski definition) is 2. The summed E-state index contributed by atoms with van der Waals surface area (Å²) in [6, 6.07) is 0.399. The van der Waals surface area contributed by atoms with Crippen molar-refractivity contribution in [3.63, 3.8) is 0 Å². The molecule has 1 aliphatic carbocycles. The molecule has 2 unspecified atom stereocenters. The molecule has 1 aliphatic heterocycles. The Morgan fingerprint density at radius 3 is 2.60 bits per heavy atom. The summed E-state index contributed by atoms with van der Waals surface area (Å²) < 4.78 is 0. The van der Waals surface area contributed by atoms with Gasteiger partial charge in [-0.25, -0.2) is 4.79 Å². The van der Waals surface area contributed by atoms with Gasteiger partial charge in [0.25, 0.3) is 0 Å². The molecule has 4 heteroatoms. The van der Waals surface area contributed by atoms with E-state index in [4.69, 9.17) is 5.73 Å². The second-order valence-corrected chi connectivity index (χ2v) is 4.74. The number of carbonyl (C=O) groups excluding carboxylic acids is 1. The third-order valence-electron chi connectivity index (χ3n) is 3.63. The number of nitrogens with zero attached hydrogens (tertiary/aromatic N) is 1. The highest BCUT2D eigenvalue weighted by Gasteiger charge is 2.25. The maximum atomic E-state index is 11.7. The summed E-state index contributed by atoms with van der Waals surface area (Å²) in [7, 11) is 0. The zero-order valence-corrected chi connectivity index (χ0v) is 9.24. The lowest BCUT2D eigenvalue weighted by Gasteiger charge is -2.20. The Balaban J connectivity index is 1.70. The van der Waals surface area contributed by atoms with Crippen LogP contribution >= 0.6 is 0 Å². The first-order valence-corrected chi connectivity index (χ1v) is 6.06. The molecule has 1 saturated heterocycles. The van der Waals surface area contributed by atoms with E-state index in [9.17, 15) is 4.79 Å². The molecule has 1 heterocycles. The SMILES string of the molecule is NC1CCCC1CNC(=O)N1CCCC1. The number of amides is 2. The summed E-state index contributed by atoms with van der Waals surface area (Å²) in [6.07, 6.45) is 5.80. The average molecular weight is 211 g/mol. The highest BCUT2D eigenvalue weighted by Crippen LogP contribution is 2.23. The quantitative estimate of drug-likeness (QED) is 0.713. The Kier molecular flexibility index (Phi) is 3.46. The Bertz CT molecular complexity index is 226. The van der Waals surface area contributed by atoms with Gasteiger partial charge in [0.1, 0.15) is 0 Å². The maximum absolute atomic E-state index is 11.7. The smallest absolute Gasteiger partial charge is 0.317 e. The largest absolute Gasteiger partial charge is 0.338 e. The Hall–Kier alpha value is -0.770. The lowest BCUT2D eigenvalue weighted by atomic mass is 10.1. The van der Waals surface area contributed by atoms with E-state index >= 15 is 0 Å². The van der Waals surface area contributed by atoms with Gasteiger partial charge in [-0.2, -0.15) is 0 Å². The second-order valence-electron chi connectivity index (χ2n) is 4.74. The van der Waals surface area contributed by atoms with Crippen LogP contribution in [0.25, 0.3) is 0 Å². The lowest BCUT2D eigenvalue weighted by molar-refractivity contribution is 0.206. The van der Waals surface area contributed by atoms with Crippen LogP contribution in [0.4, 0.5) is 4.79 Å². The molecule has 86 valence electrons. The van der Waals surface area contributed by atoms with E-state index in [0.717, 1.165) is 38.9 Å². The van der Waals surface area contributed by atoms with Crippen molar-refractivity contribution in [2.45, 2.75) is 38.1 Å². The number of likely N-dealkylation sites (tertiary alicyclic amines) is 1. The monoisotopic (exact) mass is 211 g/mol. The molecule has 3 N–H and O–H groups in total. The fourth-order valence-electron chi connectivity index (χ4n) is 2.57. The molecule has 0 aromatic heterocycles. The van der Waals surface area contributed by atoms with Crippen molar-refractivity contribution in [2.24, 2.45) is 11.7 Å². The molecule has 2 fully saturated rings. The minimum Gasteiger partial charge on any atom is -0.338 e. The fourth-order valence-corrected chi connectivity index (χ4v) is 2.57. The van der Waals surface area contributed by atoms with Crippen molar-refractivity contribution in [1.29, 1.82) is 0 Å². The Morgan fingerprint density at radius 2 is 2.00 bits per heavy atom. The summed E-state index contributed by atoms with van der Waals surface area (Å²) in [5, 5.41) is 3.00. The first-order valence-electron chi connectivity index (χ1n) is 6.06. The lowest BCUT2D eigenvalue weighted by Crippen LogP contribution is -2.42. The van der Waals surface area contributed by atoms with Gasteiger partial charge in [0.05, 0.1) is 0 Å². The van der Waals surface area contributed by atoms with Gasteiger partial charge in [-0.05, 0) is 31.6 Å². The summed E-state index contributed by atoms with van der Waals surface area (Å²) in [4.78, 5) is 13.6. The van der Waals surface area contributed by atoms with Crippen LogP contribution in [-0.4, -0.2) is 36.6 Å². The van der Waals surface area contributed by atoms with Crippen molar-refractivity contribution in [2.75, 3.05) is 19.6 Å². The van der Waals surface area contributed by atoms with Gasteiger partial charge >= 0.3 is 6.03 Å². The molecule has 15 heavy (non-hydrogen) atoms. The van der Waals surface area contributed by atoms with Crippen molar-refractivity contribution in [3.05, 3.63) is 0 Å². The van der Waals surface area contributed by atoms with Gasteiger partial charge in [-0.3, -0.25) is 0 Å². The van der Waals surface area contributed by atoms with E-state index in [-0.39, 0.29) is 6.03 Å². The van der Waals surface area contributed by atoms with Gasteiger partial charge in [0.15, 0.2) is 0 Å². The van der Waals surface area contributed by atoms with Gasteiger partial charge in [0, 0.05) is 25.7 Å². The van der Waals surface area contributed by atoms with Crippen molar-refractivity contribution in [3.8, 4) is 0 Å². The molecule has 2 atom stereocenters. The highest BCUT2D eigenvalue weighted by molar-refractivity contribution is 5.74. The van der Waals surface area contributed by atoms with E-state index in [2.05, 4.69) is 5.32 Å². The fraction of sp³-hybridized carbons (Fsp3) is 0.909. The number of rotatable bonds is 2. The number of hydrogen-bond acceptors (Lipinski definition) is 2. The molecule has 4 nitrogen and oxygen atoms in total. The van der Waals surface area contributed by atoms with Crippen LogP contribution in [0.2, 0.25) is 0 Å². The number of carbonyl (C=O) groups is 1. The van der Waals surface area contributed by atoms with Crippen molar-refractivity contribution >= 4 is 6.03 Å². The average Bonchev–Trinajstić information content (AvgIpc) is 2.85. The molecule has 0 aromatic rings. The molecular weight excluding hydrogens is 190 g/mol. The minimum atomic E-state index is 0.103. The summed E-state index contributed by atoms with van der Waals surface area (Å²) >= 11 is 0. The molecule has 0 spiro atoms. The van der Waals surface area contributed by atoms with Crippen LogP contribution in [0.3, 0.4) is 0 Å². The molecule has 0 bridgehead atoms. The van der Waals surface area contributed by atoms with Crippen LogP contribution in [0.1, 0.15) is 32.1 Å². The summed E-state index contributed by atoms with van der Waals surface area (Å²) in [5.41, 5.74) is 5.95. The second kappa shape index (κ2) is 4.84. The number of nitrogens with two attached hydrogens (primary N) is 1. The molecule has 0 radical (unpaired) electrons. The zero-order valence-electron chi connectivity index (χ0n) is 9.24. The first-order chi connectivity index (χ1) is 7.27. The molecule has 0 aromatic carbocycles. The topological polar surface area (TPSA) is 58.4 Å². The third kappa shape index (κ3) is 2.62. The molecule has 2 aliphatic rings. The van der Waals surface area contributed by atoms with E-state index in [1.165, 1.54) is 12.8 Å². The van der Waals surface area contributed by atoms with E-state index in [0.29, 0.717) is 12.0 Å². The maximum Gasteiger partial charge on any atom is 0.317 e.